The summed E-state index contributed by atoms with van der Waals surface area (Å²) in [4.78, 5) is 11.3. The Morgan fingerprint density at radius 3 is 2.83 bits per heavy atom. The van der Waals surface area contributed by atoms with E-state index in [4.69, 9.17) is 4.52 Å². The summed E-state index contributed by atoms with van der Waals surface area (Å²) in [6.45, 7) is 8.50. The van der Waals surface area contributed by atoms with Crippen LogP contribution in [-0.2, 0) is 0 Å². The van der Waals surface area contributed by atoms with E-state index in [0.29, 0.717) is 5.89 Å². The second-order valence-corrected chi connectivity index (χ2v) is 6.37. The van der Waals surface area contributed by atoms with E-state index in [0.717, 1.165) is 30.3 Å². The summed E-state index contributed by atoms with van der Waals surface area (Å²) in [6.07, 6.45) is 5.79. The quantitative estimate of drug-likeness (QED) is 0.883. The normalized spacial score (nSPS) is 16.0. The van der Waals surface area contributed by atoms with E-state index < -0.39 is 0 Å². The van der Waals surface area contributed by atoms with Gasteiger partial charge in [-0.05, 0) is 38.1 Å². The Labute approximate surface area is 137 Å². The third-order valence-electron chi connectivity index (χ3n) is 4.15. The number of nitrogens with zero attached hydrogens (tertiary/aromatic N) is 4. The molecular weight excluding hydrogens is 290 g/mol. The molecule has 1 fully saturated rings. The minimum Gasteiger partial charge on any atom is -0.369 e. The predicted octanol–water partition coefficient (Wildman–Crippen LogP) is 3.15. The Balaban J connectivity index is 1.58. The fraction of sp³-hybridized carbons (Fsp3) is 0.588. The lowest BCUT2D eigenvalue weighted by Crippen LogP contribution is -2.33. The van der Waals surface area contributed by atoms with Gasteiger partial charge >= 0.3 is 0 Å². The molecule has 2 aromatic rings. The van der Waals surface area contributed by atoms with E-state index in [9.17, 15) is 0 Å². The van der Waals surface area contributed by atoms with Crippen LogP contribution in [0.4, 0.5) is 5.82 Å². The zero-order valence-corrected chi connectivity index (χ0v) is 14.0. The Morgan fingerprint density at radius 1 is 1.26 bits per heavy atom. The average Bonchev–Trinajstić information content (AvgIpc) is 3.07. The van der Waals surface area contributed by atoms with Gasteiger partial charge in [0, 0.05) is 30.8 Å². The minimum absolute atomic E-state index is 0.261. The maximum absolute atomic E-state index is 5.34. The van der Waals surface area contributed by atoms with Crippen LogP contribution < -0.4 is 5.32 Å². The van der Waals surface area contributed by atoms with Crippen LogP contribution in [0.5, 0.6) is 0 Å². The van der Waals surface area contributed by atoms with Crippen molar-refractivity contribution in [2.75, 3.05) is 31.5 Å². The fourth-order valence-electron chi connectivity index (χ4n) is 2.77. The molecule has 6 heteroatoms. The molecule has 0 spiro atoms. The van der Waals surface area contributed by atoms with Gasteiger partial charge in [-0.2, -0.15) is 4.98 Å². The number of rotatable bonds is 6. The van der Waals surface area contributed by atoms with E-state index >= 15 is 0 Å². The predicted molar refractivity (Wildman–Crippen MR) is 90.4 cm³/mol. The first kappa shape index (κ1) is 15.9. The van der Waals surface area contributed by atoms with Crippen LogP contribution in [0.15, 0.2) is 22.9 Å². The number of anilines is 1. The van der Waals surface area contributed by atoms with Crippen LogP contribution in [0.25, 0.3) is 11.5 Å². The molecule has 0 saturated carbocycles. The van der Waals surface area contributed by atoms with E-state index in [1.807, 2.05) is 12.1 Å². The standard InChI is InChI=1S/C17H25N5O/c1-13(2)16-20-17(23-21-16)14-6-7-18-15(12-14)19-8-11-22-9-4-3-5-10-22/h6-7,12-13H,3-5,8-11H2,1-2H3,(H,18,19). The summed E-state index contributed by atoms with van der Waals surface area (Å²) in [5, 5.41) is 7.40. The first-order chi connectivity index (χ1) is 11.2. The molecule has 23 heavy (non-hydrogen) atoms. The second-order valence-electron chi connectivity index (χ2n) is 6.37. The van der Waals surface area contributed by atoms with Gasteiger partial charge in [0.1, 0.15) is 5.82 Å². The zero-order valence-electron chi connectivity index (χ0n) is 14.0. The Bertz CT molecular complexity index is 619. The monoisotopic (exact) mass is 315 g/mol. The molecule has 3 heterocycles. The third kappa shape index (κ3) is 4.28. The van der Waals surface area contributed by atoms with Crippen molar-refractivity contribution in [3.8, 4) is 11.5 Å². The number of likely N-dealkylation sites (tertiary alicyclic amines) is 1. The molecule has 0 aliphatic carbocycles. The molecule has 1 N–H and O–H groups in total. The highest BCUT2D eigenvalue weighted by molar-refractivity contribution is 5.57. The summed E-state index contributed by atoms with van der Waals surface area (Å²) < 4.78 is 5.34. The summed E-state index contributed by atoms with van der Waals surface area (Å²) in [5.41, 5.74) is 0.903. The van der Waals surface area contributed by atoms with Gasteiger partial charge in [-0.25, -0.2) is 4.98 Å². The van der Waals surface area contributed by atoms with Gasteiger partial charge in [0.15, 0.2) is 5.82 Å². The molecule has 1 saturated heterocycles. The van der Waals surface area contributed by atoms with Gasteiger partial charge in [0.25, 0.3) is 5.89 Å². The second kappa shape index (κ2) is 7.55. The molecule has 2 aromatic heterocycles. The first-order valence-corrected chi connectivity index (χ1v) is 8.48. The smallest absolute Gasteiger partial charge is 0.258 e. The topological polar surface area (TPSA) is 67.1 Å². The van der Waals surface area contributed by atoms with Gasteiger partial charge in [0.2, 0.25) is 0 Å². The first-order valence-electron chi connectivity index (χ1n) is 8.48. The lowest BCUT2D eigenvalue weighted by atomic mass is 10.1. The van der Waals surface area contributed by atoms with Crippen molar-refractivity contribution < 1.29 is 4.52 Å². The van der Waals surface area contributed by atoms with Crippen molar-refractivity contribution in [1.82, 2.24) is 20.0 Å². The molecule has 1 aliphatic heterocycles. The van der Waals surface area contributed by atoms with Crippen LogP contribution >= 0.6 is 0 Å². The number of nitrogens with one attached hydrogen (secondary N) is 1. The number of pyridine rings is 1. The van der Waals surface area contributed by atoms with Crippen molar-refractivity contribution in [2.24, 2.45) is 0 Å². The largest absolute Gasteiger partial charge is 0.369 e. The molecule has 0 bridgehead atoms. The van der Waals surface area contributed by atoms with E-state index in [2.05, 4.69) is 39.2 Å². The molecule has 124 valence electrons. The van der Waals surface area contributed by atoms with E-state index in [1.165, 1.54) is 32.4 Å². The summed E-state index contributed by atoms with van der Waals surface area (Å²) in [6, 6.07) is 3.86. The number of hydrogen-bond donors (Lipinski definition) is 1. The molecule has 0 radical (unpaired) electrons. The summed E-state index contributed by atoms with van der Waals surface area (Å²) >= 11 is 0. The maximum Gasteiger partial charge on any atom is 0.258 e. The molecule has 0 amide bonds. The third-order valence-corrected chi connectivity index (χ3v) is 4.15. The zero-order chi connectivity index (χ0) is 16.1. The number of piperidine rings is 1. The fourth-order valence-corrected chi connectivity index (χ4v) is 2.77. The molecule has 3 rings (SSSR count). The highest BCUT2D eigenvalue weighted by Gasteiger charge is 2.12. The summed E-state index contributed by atoms with van der Waals surface area (Å²) in [5.74, 6) is 2.40. The lowest BCUT2D eigenvalue weighted by molar-refractivity contribution is 0.237. The van der Waals surface area contributed by atoms with Crippen molar-refractivity contribution in [2.45, 2.75) is 39.0 Å². The van der Waals surface area contributed by atoms with Crippen LogP contribution in [-0.4, -0.2) is 46.2 Å². The SMILES string of the molecule is CC(C)c1noc(-c2ccnc(NCCN3CCCCC3)c2)n1. The molecule has 1 aliphatic rings. The minimum atomic E-state index is 0.261. The van der Waals surface area contributed by atoms with Crippen LogP contribution in [0.1, 0.15) is 44.9 Å². The Kier molecular flexibility index (Phi) is 5.23. The number of aromatic nitrogens is 3. The molecule has 0 unspecified atom stereocenters. The maximum atomic E-state index is 5.34. The van der Waals surface area contributed by atoms with Gasteiger partial charge in [-0.15, -0.1) is 0 Å². The summed E-state index contributed by atoms with van der Waals surface area (Å²) in [7, 11) is 0. The van der Waals surface area contributed by atoms with Gasteiger partial charge in [-0.3, -0.25) is 0 Å². The highest BCUT2D eigenvalue weighted by Crippen LogP contribution is 2.21. The van der Waals surface area contributed by atoms with Crippen molar-refractivity contribution in [3.63, 3.8) is 0 Å². The van der Waals surface area contributed by atoms with Gasteiger partial charge < -0.3 is 14.7 Å². The Hall–Kier alpha value is -1.95. The average molecular weight is 315 g/mol. The van der Waals surface area contributed by atoms with Crippen LogP contribution in [0.3, 0.4) is 0 Å². The number of hydrogen-bond acceptors (Lipinski definition) is 6. The molecule has 0 atom stereocenters. The van der Waals surface area contributed by atoms with Crippen LogP contribution in [0.2, 0.25) is 0 Å². The van der Waals surface area contributed by atoms with Crippen molar-refractivity contribution in [1.29, 1.82) is 0 Å². The van der Waals surface area contributed by atoms with Crippen molar-refractivity contribution in [3.05, 3.63) is 24.2 Å². The molecule has 0 aromatic carbocycles. The van der Waals surface area contributed by atoms with Crippen molar-refractivity contribution >= 4 is 5.82 Å². The van der Waals surface area contributed by atoms with Gasteiger partial charge in [-0.1, -0.05) is 25.4 Å². The van der Waals surface area contributed by atoms with Gasteiger partial charge in [0.05, 0.1) is 0 Å². The van der Waals surface area contributed by atoms with E-state index in [1.54, 1.807) is 6.20 Å². The lowest BCUT2D eigenvalue weighted by Gasteiger charge is -2.26. The highest BCUT2D eigenvalue weighted by atomic mass is 16.5. The molecule has 6 nitrogen and oxygen atoms in total. The van der Waals surface area contributed by atoms with Crippen LogP contribution in [0, 0.1) is 0 Å². The molecular formula is C17H25N5O. The van der Waals surface area contributed by atoms with E-state index in [-0.39, 0.29) is 5.92 Å². The Morgan fingerprint density at radius 2 is 2.09 bits per heavy atom.